The molecule has 1 heterocycles. The normalized spacial score (nSPS) is 10.8. The van der Waals surface area contributed by atoms with Gasteiger partial charge in [0.1, 0.15) is 21.0 Å². The number of nitrogens with zero attached hydrogens (tertiary/aromatic N) is 1. The molecule has 1 aromatic carbocycles. The fourth-order valence-electron chi connectivity index (χ4n) is 1.72. The highest BCUT2D eigenvalue weighted by molar-refractivity contribution is 14.1. The van der Waals surface area contributed by atoms with Crippen LogP contribution in [0.15, 0.2) is 23.0 Å². The molecule has 0 radical (unpaired) electrons. The molecule has 0 fully saturated rings. The van der Waals surface area contributed by atoms with Gasteiger partial charge in [0.2, 0.25) is 0 Å². The minimum absolute atomic E-state index is 0.0784. The number of aromatic amines is 1. The molecule has 1 aromatic heterocycles. The number of benzene rings is 1. The highest BCUT2D eigenvalue weighted by Crippen LogP contribution is 2.13. The van der Waals surface area contributed by atoms with E-state index in [0.717, 1.165) is 6.07 Å². The van der Waals surface area contributed by atoms with Gasteiger partial charge in [0, 0.05) is 19.6 Å². The Bertz CT molecular complexity index is 689. The zero-order valence-corrected chi connectivity index (χ0v) is 12.7. The number of aromatic nitrogens is 2. The van der Waals surface area contributed by atoms with Crippen molar-refractivity contribution in [3.8, 4) is 0 Å². The zero-order chi connectivity index (χ0) is 14.7. The number of hydrogen-bond acceptors (Lipinski definition) is 3. The van der Waals surface area contributed by atoms with Crippen LogP contribution in [0.1, 0.15) is 17.1 Å². The average molecular weight is 392 g/mol. The SMILES string of the molecule is COCc1nc(Cc2ccc(F)cc2F)[nH]c(=O)c1I. The molecule has 0 aliphatic carbocycles. The average Bonchev–Trinajstić information content (AvgIpc) is 2.39. The molecular weight excluding hydrogens is 381 g/mol. The van der Waals surface area contributed by atoms with Gasteiger partial charge in [-0.05, 0) is 34.2 Å². The molecule has 4 nitrogen and oxygen atoms in total. The minimum atomic E-state index is -0.667. The Morgan fingerprint density at radius 1 is 1.40 bits per heavy atom. The Hall–Kier alpha value is -1.35. The first-order chi connectivity index (χ1) is 9.51. The van der Waals surface area contributed by atoms with Gasteiger partial charge in [-0.25, -0.2) is 13.8 Å². The molecule has 0 aliphatic heterocycles. The molecule has 0 amide bonds. The van der Waals surface area contributed by atoms with Gasteiger partial charge in [0.05, 0.1) is 12.3 Å². The van der Waals surface area contributed by atoms with Crippen molar-refractivity contribution in [2.45, 2.75) is 13.0 Å². The molecule has 0 saturated heterocycles. The van der Waals surface area contributed by atoms with E-state index in [-0.39, 0.29) is 24.2 Å². The summed E-state index contributed by atoms with van der Waals surface area (Å²) >= 11 is 1.88. The maximum Gasteiger partial charge on any atom is 0.264 e. The van der Waals surface area contributed by atoms with Crippen molar-refractivity contribution in [3.05, 3.63) is 60.8 Å². The van der Waals surface area contributed by atoms with Gasteiger partial charge in [-0.1, -0.05) is 6.07 Å². The second-order valence-corrected chi connectivity index (χ2v) is 5.20. The van der Waals surface area contributed by atoms with Crippen molar-refractivity contribution < 1.29 is 13.5 Å². The van der Waals surface area contributed by atoms with Crippen molar-refractivity contribution in [1.82, 2.24) is 9.97 Å². The van der Waals surface area contributed by atoms with E-state index in [2.05, 4.69) is 9.97 Å². The Kier molecular flexibility index (Phi) is 4.81. The third-order valence-electron chi connectivity index (χ3n) is 2.63. The van der Waals surface area contributed by atoms with Crippen LogP contribution in [0.2, 0.25) is 0 Å². The van der Waals surface area contributed by atoms with Gasteiger partial charge in [0.25, 0.3) is 5.56 Å². The Morgan fingerprint density at radius 3 is 2.80 bits per heavy atom. The topological polar surface area (TPSA) is 55.0 Å². The summed E-state index contributed by atoms with van der Waals surface area (Å²) in [5.41, 5.74) is 0.457. The lowest BCUT2D eigenvalue weighted by atomic mass is 10.1. The molecule has 20 heavy (non-hydrogen) atoms. The summed E-state index contributed by atoms with van der Waals surface area (Å²) in [5.74, 6) is -0.997. The van der Waals surface area contributed by atoms with Crippen molar-refractivity contribution >= 4 is 22.6 Å². The monoisotopic (exact) mass is 392 g/mol. The fraction of sp³-hybridized carbons (Fsp3) is 0.231. The minimum Gasteiger partial charge on any atom is -0.378 e. The van der Waals surface area contributed by atoms with Crippen LogP contribution in [-0.4, -0.2) is 17.1 Å². The van der Waals surface area contributed by atoms with E-state index >= 15 is 0 Å². The maximum atomic E-state index is 13.6. The smallest absolute Gasteiger partial charge is 0.264 e. The van der Waals surface area contributed by atoms with Crippen LogP contribution in [-0.2, 0) is 17.8 Å². The highest BCUT2D eigenvalue weighted by atomic mass is 127. The fourth-order valence-corrected chi connectivity index (χ4v) is 2.13. The third-order valence-corrected chi connectivity index (χ3v) is 3.75. The Balaban J connectivity index is 2.36. The first-order valence-corrected chi connectivity index (χ1v) is 6.79. The quantitative estimate of drug-likeness (QED) is 0.814. The number of halogens is 3. The Morgan fingerprint density at radius 2 is 2.15 bits per heavy atom. The summed E-state index contributed by atoms with van der Waals surface area (Å²) in [4.78, 5) is 18.6. The summed E-state index contributed by atoms with van der Waals surface area (Å²) < 4.78 is 31.8. The van der Waals surface area contributed by atoms with E-state index in [1.807, 2.05) is 22.6 Å². The van der Waals surface area contributed by atoms with Gasteiger partial charge >= 0.3 is 0 Å². The van der Waals surface area contributed by atoms with Crippen LogP contribution in [0.5, 0.6) is 0 Å². The lowest BCUT2D eigenvalue weighted by Gasteiger charge is -2.07. The molecule has 7 heteroatoms. The molecule has 0 unspecified atom stereocenters. The number of rotatable bonds is 4. The Labute approximate surface area is 127 Å². The van der Waals surface area contributed by atoms with Gasteiger partial charge in [-0.15, -0.1) is 0 Å². The standard InChI is InChI=1S/C13H11F2IN2O2/c1-20-6-10-12(16)13(19)18-11(17-10)4-7-2-3-8(14)5-9(7)15/h2-3,5H,4,6H2,1H3,(H,17,18,19). The maximum absolute atomic E-state index is 13.6. The molecule has 0 aliphatic rings. The van der Waals surface area contributed by atoms with Gasteiger partial charge < -0.3 is 9.72 Å². The van der Waals surface area contributed by atoms with E-state index in [4.69, 9.17) is 4.74 Å². The van der Waals surface area contributed by atoms with Gasteiger partial charge in [0.15, 0.2) is 0 Å². The first-order valence-electron chi connectivity index (χ1n) is 5.71. The first kappa shape index (κ1) is 15.0. The van der Waals surface area contributed by atoms with E-state index < -0.39 is 11.6 Å². The molecule has 0 spiro atoms. The zero-order valence-electron chi connectivity index (χ0n) is 10.5. The van der Waals surface area contributed by atoms with E-state index in [1.165, 1.54) is 19.2 Å². The molecule has 0 saturated carbocycles. The molecule has 0 bridgehead atoms. The van der Waals surface area contributed by atoms with Gasteiger partial charge in [-0.3, -0.25) is 4.79 Å². The van der Waals surface area contributed by atoms with Crippen molar-refractivity contribution in [1.29, 1.82) is 0 Å². The highest BCUT2D eigenvalue weighted by Gasteiger charge is 2.11. The largest absolute Gasteiger partial charge is 0.378 e. The van der Waals surface area contributed by atoms with Crippen LogP contribution in [0, 0.1) is 15.2 Å². The van der Waals surface area contributed by atoms with E-state index in [9.17, 15) is 13.6 Å². The lowest BCUT2D eigenvalue weighted by Crippen LogP contribution is -2.19. The second-order valence-electron chi connectivity index (χ2n) is 4.12. The summed E-state index contributed by atoms with van der Waals surface area (Å²) in [5, 5.41) is 0. The molecule has 2 aromatic rings. The molecular formula is C13H11F2IN2O2. The van der Waals surface area contributed by atoms with Crippen molar-refractivity contribution in [3.63, 3.8) is 0 Å². The summed E-state index contributed by atoms with van der Waals surface area (Å²) in [6.45, 7) is 0.196. The summed E-state index contributed by atoms with van der Waals surface area (Å²) in [6.07, 6.45) is 0.0784. The second kappa shape index (κ2) is 6.40. The van der Waals surface area contributed by atoms with Crippen molar-refractivity contribution in [2.75, 3.05) is 7.11 Å². The summed E-state index contributed by atoms with van der Waals surface area (Å²) in [6, 6.07) is 3.30. The predicted molar refractivity (Wildman–Crippen MR) is 77.5 cm³/mol. The predicted octanol–water partition coefficient (Wildman–Crippen LogP) is 2.39. The number of H-pyrrole nitrogens is 1. The van der Waals surface area contributed by atoms with Crippen molar-refractivity contribution in [2.24, 2.45) is 0 Å². The van der Waals surface area contributed by atoms with Gasteiger partial charge in [-0.2, -0.15) is 0 Å². The lowest BCUT2D eigenvalue weighted by molar-refractivity contribution is 0.180. The number of ether oxygens (including phenoxy) is 1. The molecule has 2 rings (SSSR count). The third kappa shape index (κ3) is 3.40. The van der Waals surface area contributed by atoms with Crippen LogP contribution < -0.4 is 5.56 Å². The molecule has 106 valence electrons. The number of methoxy groups -OCH3 is 1. The van der Waals surface area contributed by atoms with Crippen LogP contribution in [0.3, 0.4) is 0 Å². The van der Waals surface area contributed by atoms with E-state index in [1.54, 1.807) is 0 Å². The van der Waals surface area contributed by atoms with Crippen LogP contribution in [0.25, 0.3) is 0 Å². The van der Waals surface area contributed by atoms with Crippen LogP contribution >= 0.6 is 22.6 Å². The van der Waals surface area contributed by atoms with Crippen LogP contribution in [0.4, 0.5) is 8.78 Å². The summed E-state index contributed by atoms with van der Waals surface area (Å²) in [7, 11) is 1.50. The number of hydrogen-bond donors (Lipinski definition) is 1. The number of nitrogens with one attached hydrogen (secondary N) is 1. The molecule has 1 N–H and O–H groups in total. The van der Waals surface area contributed by atoms with E-state index in [0.29, 0.717) is 15.1 Å². The molecule has 0 atom stereocenters.